The highest BCUT2D eigenvalue weighted by Crippen LogP contribution is 2.22. The molecule has 4 nitrogen and oxygen atoms in total. The molecule has 5 heteroatoms. The molecule has 1 amide bonds. The van der Waals surface area contributed by atoms with Crippen LogP contribution in [0.15, 0.2) is 0 Å². The maximum Gasteiger partial charge on any atom is 0.232 e. The van der Waals surface area contributed by atoms with Gasteiger partial charge in [-0.3, -0.25) is 4.79 Å². The Kier molecular flexibility index (Phi) is 5.61. The molecule has 2 aliphatic heterocycles. The van der Waals surface area contributed by atoms with Gasteiger partial charge in [0, 0.05) is 38.1 Å². The molecule has 0 aliphatic carbocycles. The fraction of sp³-hybridized carbons (Fsp3) is 0.917. The number of ether oxygens (including phenoxy) is 1. The third-order valence-electron chi connectivity index (χ3n) is 3.30. The molecule has 0 unspecified atom stereocenters. The van der Waals surface area contributed by atoms with Crippen molar-refractivity contribution in [2.75, 3.05) is 45.1 Å². The Morgan fingerprint density at radius 3 is 2.94 bits per heavy atom. The predicted octanol–water partition coefficient (Wildman–Crippen LogP) is 0.721. The minimum Gasteiger partial charge on any atom is -0.381 e. The zero-order valence-corrected chi connectivity index (χ0v) is 11.1. The van der Waals surface area contributed by atoms with Crippen LogP contribution in [0.2, 0.25) is 0 Å². The summed E-state index contributed by atoms with van der Waals surface area (Å²) in [5, 5.41) is 3.94. The number of hydrogen-bond donors (Lipinski definition) is 1. The zero-order valence-electron chi connectivity index (χ0n) is 10.3. The molecule has 0 atom stereocenters. The van der Waals surface area contributed by atoms with Gasteiger partial charge in [0.2, 0.25) is 5.91 Å². The monoisotopic (exact) mass is 258 g/mol. The van der Waals surface area contributed by atoms with Crippen molar-refractivity contribution in [3.8, 4) is 0 Å². The highest BCUT2D eigenvalue weighted by molar-refractivity contribution is 8.00. The summed E-state index contributed by atoms with van der Waals surface area (Å²) >= 11 is 1.81. The van der Waals surface area contributed by atoms with E-state index in [0.29, 0.717) is 16.9 Å². The summed E-state index contributed by atoms with van der Waals surface area (Å²) < 4.78 is 5.32. The quantitative estimate of drug-likeness (QED) is 0.810. The smallest absolute Gasteiger partial charge is 0.232 e. The van der Waals surface area contributed by atoms with Crippen LogP contribution in [-0.2, 0) is 9.53 Å². The molecule has 17 heavy (non-hydrogen) atoms. The average Bonchev–Trinajstić information content (AvgIpc) is 2.66. The van der Waals surface area contributed by atoms with Crippen molar-refractivity contribution in [2.45, 2.75) is 24.5 Å². The molecule has 2 rings (SSSR count). The second-order valence-corrected chi connectivity index (χ2v) is 5.90. The maximum atomic E-state index is 12.0. The fourth-order valence-electron chi connectivity index (χ4n) is 2.22. The Morgan fingerprint density at radius 1 is 1.29 bits per heavy atom. The maximum absolute atomic E-state index is 12.0. The van der Waals surface area contributed by atoms with Gasteiger partial charge in [-0.2, -0.15) is 0 Å². The van der Waals surface area contributed by atoms with Gasteiger partial charge in [0.05, 0.1) is 5.75 Å². The highest BCUT2D eigenvalue weighted by atomic mass is 32.2. The molecule has 98 valence electrons. The Hall–Kier alpha value is -0.260. The molecule has 2 saturated heterocycles. The van der Waals surface area contributed by atoms with Crippen LogP contribution in [0.25, 0.3) is 0 Å². The summed E-state index contributed by atoms with van der Waals surface area (Å²) in [4.78, 5) is 14.0. The van der Waals surface area contributed by atoms with E-state index in [-0.39, 0.29) is 0 Å². The minimum absolute atomic E-state index is 0.310. The largest absolute Gasteiger partial charge is 0.381 e. The first-order valence-electron chi connectivity index (χ1n) is 6.54. The van der Waals surface area contributed by atoms with Crippen molar-refractivity contribution in [1.29, 1.82) is 0 Å². The van der Waals surface area contributed by atoms with Gasteiger partial charge in [0.25, 0.3) is 0 Å². The summed E-state index contributed by atoms with van der Waals surface area (Å²) in [7, 11) is 0. The molecule has 2 fully saturated rings. The lowest BCUT2D eigenvalue weighted by atomic mass is 10.2. The van der Waals surface area contributed by atoms with E-state index >= 15 is 0 Å². The Morgan fingerprint density at radius 2 is 2.12 bits per heavy atom. The molecule has 0 aromatic carbocycles. The molecule has 1 N–H and O–H groups in total. The van der Waals surface area contributed by atoms with E-state index in [0.717, 1.165) is 58.7 Å². The minimum atomic E-state index is 0.310. The van der Waals surface area contributed by atoms with E-state index in [2.05, 4.69) is 5.32 Å². The highest BCUT2D eigenvalue weighted by Gasteiger charge is 2.19. The third kappa shape index (κ3) is 4.48. The molecular formula is C12H22N2O2S. The standard InChI is InChI=1S/C12H22N2O2S/c15-12(14-6-1-4-13-5-7-14)10-17-11-2-8-16-9-3-11/h11,13H,1-10H2. The molecular weight excluding hydrogens is 236 g/mol. The van der Waals surface area contributed by atoms with Crippen LogP contribution in [0.4, 0.5) is 0 Å². The van der Waals surface area contributed by atoms with Gasteiger partial charge in [-0.25, -0.2) is 0 Å². The Bertz CT molecular complexity index is 237. The first-order chi connectivity index (χ1) is 8.36. The van der Waals surface area contributed by atoms with E-state index in [1.807, 2.05) is 16.7 Å². The van der Waals surface area contributed by atoms with E-state index < -0.39 is 0 Å². The molecule has 0 bridgehead atoms. The predicted molar refractivity (Wildman–Crippen MR) is 70.4 cm³/mol. The number of carbonyl (C=O) groups is 1. The van der Waals surface area contributed by atoms with Crippen LogP contribution in [0.1, 0.15) is 19.3 Å². The number of amides is 1. The number of thioether (sulfide) groups is 1. The third-order valence-corrected chi connectivity index (χ3v) is 4.66. The topological polar surface area (TPSA) is 41.6 Å². The second-order valence-electron chi connectivity index (χ2n) is 4.61. The first kappa shape index (κ1) is 13.2. The van der Waals surface area contributed by atoms with Gasteiger partial charge < -0.3 is 15.0 Å². The van der Waals surface area contributed by atoms with Crippen molar-refractivity contribution >= 4 is 17.7 Å². The van der Waals surface area contributed by atoms with Crippen LogP contribution in [0.5, 0.6) is 0 Å². The van der Waals surface area contributed by atoms with Gasteiger partial charge in [-0.15, -0.1) is 11.8 Å². The lowest BCUT2D eigenvalue weighted by Crippen LogP contribution is -2.36. The zero-order chi connectivity index (χ0) is 11.9. The lowest BCUT2D eigenvalue weighted by molar-refractivity contribution is -0.128. The van der Waals surface area contributed by atoms with E-state index in [4.69, 9.17) is 4.74 Å². The van der Waals surface area contributed by atoms with E-state index in [9.17, 15) is 4.79 Å². The Balaban J connectivity index is 1.68. The van der Waals surface area contributed by atoms with Crippen LogP contribution in [-0.4, -0.2) is 61.2 Å². The van der Waals surface area contributed by atoms with Crippen LogP contribution >= 0.6 is 11.8 Å². The number of carbonyl (C=O) groups excluding carboxylic acids is 1. The van der Waals surface area contributed by atoms with Crippen molar-refractivity contribution in [3.63, 3.8) is 0 Å². The second kappa shape index (κ2) is 7.24. The summed E-state index contributed by atoms with van der Waals surface area (Å²) in [5.74, 6) is 0.954. The SMILES string of the molecule is O=C(CSC1CCOCC1)N1CCCNCC1. The number of nitrogens with zero attached hydrogens (tertiary/aromatic N) is 1. The van der Waals surface area contributed by atoms with Gasteiger partial charge >= 0.3 is 0 Å². The van der Waals surface area contributed by atoms with E-state index in [1.54, 1.807) is 0 Å². The Labute approximate surface area is 107 Å². The molecule has 2 heterocycles. The number of rotatable bonds is 3. The van der Waals surface area contributed by atoms with Gasteiger partial charge in [0.1, 0.15) is 0 Å². The summed E-state index contributed by atoms with van der Waals surface area (Å²) in [5.41, 5.74) is 0. The molecule has 0 aromatic rings. The molecule has 0 spiro atoms. The fourth-order valence-corrected chi connectivity index (χ4v) is 3.30. The first-order valence-corrected chi connectivity index (χ1v) is 7.59. The van der Waals surface area contributed by atoms with Crippen molar-refractivity contribution in [3.05, 3.63) is 0 Å². The van der Waals surface area contributed by atoms with Gasteiger partial charge in [-0.1, -0.05) is 0 Å². The van der Waals surface area contributed by atoms with Crippen LogP contribution in [0, 0.1) is 0 Å². The average molecular weight is 258 g/mol. The number of hydrogen-bond acceptors (Lipinski definition) is 4. The van der Waals surface area contributed by atoms with E-state index in [1.165, 1.54) is 0 Å². The van der Waals surface area contributed by atoms with Crippen molar-refractivity contribution < 1.29 is 9.53 Å². The van der Waals surface area contributed by atoms with Gasteiger partial charge in [0.15, 0.2) is 0 Å². The molecule has 2 aliphatic rings. The lowest BCUT2D eigenvalue weighted by Gasteiger charge is -2.24. The van der Waals surface area contributed by atoms with Crippen molar-refractivity contribution in [1.82, 2.24) is 10.2 Å². The van der Waals surface area contributed by atoms with Crippen LogP contribution in [0.3, 0.4) is 0 Å². The van der Waals surface area contributed by atoms with Crippen molar-refractivity contribution in [2.24, 2.45) is 0 Å². The van der Waals surface area contributed by atoms with Gasteiger partial charge in [-0.05, 0) is 25.8 Å². The molecule has 0 saturated carbocycles. The van der Waals surface area contributed by atoms with Crippen LogP contribution < -0.4 is 5.32 Å². The summed E-state index contributed by atoms with van der Waals surface area (Å²) in [6.07, 6.45) is 3.27. The normalized spacial score (nSPS) is 23.4. The molecule has 0 radical (unpaired) electrons. The summed E-state index contributed by atoms with van der Waals surface area (Å²) in [6.45, 7) is 5.48. The molecule has 0 aromatic heterocycles. The summed E-state index contributed by atoms with van der Waals surface area (Å²) in [6, 6.07) is 0. The number of nitrogens with one attached hydrogen (secondary N) is 1.